The number of rotatable bonds is 5. The molecule has 0 unspecified atom stereocenters. The van der Waals surface area contributed by atoms with E-state index in [1.807, 2.05) is 0 Å². The molecule has 3 N–H and O–H groups in total. The van der Waals surface area contributed by atoms with Crippen molar-refractivity contribution >= 4 is 27.3 Å². The van der Waals surface area contributed by atoms with Crippen LogP contribution in [0.25, 0.3) is 0 Å². The molecule has 0 spiro atoms. The lowest BCUT2D eigenvalue weighted by Gasteiger charge is -2.09. The summed E-state index contributed by atoms with van der Waals surface area (Å²) in [7, 11) is 0.492. The van der Waals surface area contributed by atoms with Crippen molar-refractivity contribution in [2.24, 2.45) is 0 Å². The van der Waals surface area contributed by atoms with Gasteiger partial charge < -0.3 is 20.2 Å². The van der Waals surface area contributed by atoms with E-state index in [0.717, 1.165) is 4.31 Å². The Kier molecular flexibility index (Phi) is 4.86. The van der Waals surface area contributed by atoms with E-state index >= 15 is 0 Å². The van der Waals surface area contributed by atoms with Gasteiger partial charge in [0.2, 0.25) is 5.09 Å². The Morgan fingerprint density at radius 3 is 2.54 bits per heavy atom. The van der Waals surface area contributed by atoms with E-state index in [-0.39, 0.29) is 16.4 Å². The first-order valence-corrected chi connectivity index (χ1v) is 8.38. The Bertz CT molecular complexity index is 871. The van der Waals surface area contributed by atoms with Crippen molar-refractivity contribution in [1.29, 1.82) is 0 Å². The highest BCUT2D eigenvalue weighted by Gasteiger charge is 2.26. The second kappa shape index (κ2) is 6.54. The fourth-order valence-corrected chi connectivity index (χ4v) is 2.80. The number of nitrogens with zero attached hydrogens (tertiary/aromatic N) is 1. The lowest BCUT2D eigenvalue weighted by atomic mass is 10.2. The van der Waals surface area contributed by atoms with Crippen molar-refractivity contribution in [2.75, 3.05) is 32.3 Å². The SMILES string of the molecule is COc1ccc(N)c(NC(=O)c2cc(S(=O)(=O)N(C)C)oc2C)c1. The maximum absolute atomic E-state index is 12.4. The van der Waals surface area contributed by atoms with E-state index in [1.54, 1.807) is 18.2 Å². The third-order valence-corrected chi connectivity index (χ3v) is 5.05. The second-order valence-electron chi connectivity index (χ2n) is 5.23. The van der Waals surface area contributed by atoms with Crippen molar-refractivity contribution < 1.29 is 22.4 Å². The lowest BCUT2D eigenvalue weighted by Crippen LogP contribution is -2.21. The molecule has 0 saturated heterocycles. The van der Waals surface area contributed by atoms with Gasteiger partial charge in [-0.15, -0.1) is 0 Å². The summed E-state index contributed by atoms with van der Waals surface area (Å²) in [5, 5.41) is 2.33. The molecule has 0 bridgehead atoms. The van der Waals surface area contributed by atoms with Gasteiger partial charge in [0.15, 0.2) is 0 Å². The van der Waals surface area contributed by atoms with Gasteiger partial charge >= 0.3 is 0 Å². The van der Waals surface area contributed by atoms with Gasteiger partial charge in [-0.05, 0) is 19.1 Å². The Morgan fingerprint density at radius 2 is 1.96 bits per heavy atom. The molecular formula is C15H19N3O5S. The summed E-state index contributed by atoms with van der Waals surface area (Å²) >= 11 is 0. The van der Waals surface area contributed by atoms with Gasteiger partial charge in [0.25, 0.3) is 15.9 Å². The zero-order valence-corrected chi connectivity index (χ0v) is 14.6. The van der Waals surface area contributed by atoms with Gasteiger partial charge in [-0.3, -0.25) is 4.79 Å². The number of anilines is 2. The number of carbonyl (C=O) groups excluding carboxylic acids is 1. The first kappa shape index (κ1) is 17.8. The van der Waals surface area contributed by atoms with Crippen LogP contribution in [0.15, 0.2) is 33.8 Å². The number of benzene rings is 1. The Balaban J connectivity index is 2.33. The van der Waals surface area contributed by atoms with Crippen molar-refractivity contribution in [3.8, 4) is 5.75 Å². The van der Waals surface area contributed by atoms with Crippen molar-refractivity contribution in [2.45, 2.75) is 12.0 Å². The third-order valence-electron chi connectivity index (χ3n) is 3.38. The molecule has 8 nitrogen and oxygen atoms in total. The molecule has 0 fully saturated rings. The highest BCUT2D eigenvalue weighted by atomic mass is 32.2. The summed E-state index contributed by atoms with van der Waals surface area (Å²) in [4.78, 5) is 12.4. The molecule has 0 aliphatic rings. The maximum Gasteiger partial charge on any atom is 0.275 e. The average Bonchev–Trinajstić information content (AvgIpc) is 2.92. The van der Waals surface area contributed by atoms with Crippen LogP contribution in [0.2, 0.25) is 0 Å². The third kappa shape index (κ3) is 3.36. The van der Waals surface area contributed by atoms with Crippen LogP contribution in [0.3, 0.4) is 0 Å². The van der Waals surface area contributed by atoms with Crippen LogP contribution in [0.4, 0.5) is 11.4 Å². The molecule has 0 atom stereocenters. The van der Waals surface area contributed by atoms with Crippen LogP contribution in [0.5, 0.6) is 5.75 Å². The molecule has 2 rings (SSSR count). The molecule has 24 heavy (non-hydrogen) atoms. The molecule has 130 valence electrons. The van der Waals surface area contributed by atoms with Crippen LogP contribution in [0.1, 0.15) is 16.1 Å². The van der Waals surface area contributed by atoms with Crippen LogP contribution < -0.4 is 15.8 Å². The quantitative estimate of drug-likeness (QED) is 0.790. The van der Waals surface area contributed by atoms with Crippen LogP contribution in [-0.4, -0.2) is 39.8 Å². The molecule has 0 aliphatic carbocycles. The zero-order valence-electron chi connectivity index (χ0n) is 13.8. The minimum absolute atomic E-state index is 0.109. The fourth-order valence-electron chi connectivity index (χ4n) is 1.95. The van der Waals surface area contributed by atoms with Crippen molar-refractivity contribution in [1.82, 2.24) is 4.31 Å². The van der Waals surface area contributed by atoms with E-state index in [4.69, 9.17) is 14.9 Å². The van der Waals surface area contributed by atoms with E-state index in [9.17, 15) is 13.2 Å². The molecule has 2 aromatic rings. The number of hydrogen-bond donors (Lipinski definition) is 2. The van der Waals surface area contributed by atoms with Gasteiger partial charge in [0, 0.05) is 26.2 Å². The van der Waals surface area contributed by atoms with E-state index in [2.05, 4.69) is 5.32 Å². The number of sulfonamides is 1. The van der Waals surface area contributed by atoms with E-state index in [1.165, 1.54) is 34.2 Å². The molecule has 0 saturated carbocycles. The van der Waals surface area contributed by atoms with Crippen LogP contribution in [-0.2, 0) is 10.0 Å². The second-order valence-corrected chi connectivity index (χ2v) is 7.31. The van der Waals surface area contributed by atoms with Crippen LogP contribution >= 0.6 is 0 Å². The highest BCUT2D eigenvalue weighted by Crippen LogP contribution is 2.26. The number of nitrogen functional groups attached to an aromatic ring is 1. The van der Waals surface area contributed by atoms with Crippen molar-refractivity contribution in [3.05, 3.63) is 35.6 Å². The number of nitrogens with two attached hydrogens (primary N) is 1. The number of ether oxygens (including phenoxy) is 1. The van der Waals surface area contributed by atoms with E-state index in [0.29, 0.717) is 17.1 Å². The van der Waals surface area contributed by atoms with Gasteiger partial charge in [0.1, 0.15) is 11.5 Å². The number of nitrogens with one attached hydrogen (secondary N) is 1. The van der Waals surface area contributed by atoms with Gasteiger partial charge in [-0.2, -0.15) is 0 Å². The maximum atomic E-state index is 12.4. The molecule has 1 amide bonds. The number of amides is 1. The Morgan fingerprint density at radius 1 is 1.29 bits per heavy atom. The lowest BCUT2D eigenvalue weighted by molar-refractivity contribution is 0.102. The van der Waals surface area contributed by atoms with Gasteiger partial charge in [-0.25, -0.2) is 12.7 Å². The van der Waals surface area contributed by atoms with Gasteiger partial charge in [-0.1, -0.05) is 0 Å². The smallest absolute Gasteiger partial charge is 0.275 e. The Labute approximate surface area is 140 Å². The summed E-state index contributed by atoms with van der Waals surface area (Å²) in [6, 6.07) is 6.02. The first-order chi connectivity index (χ1) is 11.2. The fraction of sp³-hybridized carbons (Fsp3) is 0.267. The van der Waals surface area contributed by atoms with Crippen LogP contribution in [0, 0.1) is 6.92 Å². The molecule has 1 heterocycles. The van der Waals surface area contributed by atoms with Gasteiger partial charge in [0.05, 0.1) is 24.0 Å². The van der Waals surface area contributed by atoms with E-state index < -0.39 is 15.9 Å². The minimum atomic E-state index is -3.76. The predicted molar refractivity (Wildman–Crippen MR) is 89.7 cm³/mol. The number of aryl methyl sites for hydroxylation is 1. The number of methoxy groups -OCH3 is 1. The topological polar surface area (TPSA) is 115 Å². The predicted octanol–water partition coefficient (Wildman–Crippen LogP) is 1.68. The number of hydrogen-bond acceptors (Lipinski definition) is 6. The standard InChI is InChI=1S/C15H19N3O5S/c1-9-11(8-14(23-9)24(20,21)18(2)3)15(19)17-13-7-10(22-4)5-6-12(13)16/h5-8H,16H2,1-4H3,(H,17,19). The minimum Gasteiger partial charge on any atom is -0.497 e. The summed E-state index contributed by atoms with van der Waals surface area (Å²) < 4.78 is 35.5. The normalized spacial score (nSPS) is 11.5. The summed E-state index contributed by atoms with van der Waals surface area (Å²) in [6.07, 6.45) is 0. The Hall–Kier alpha value is -2.52. The number of furan rings is 1. The largest absolute Gasteiger partial charge is 0.497 e. The molecule has 1 aromatic heterocycles. The van der Waals surface area contributed by atoms with Crippen molar-refractivity contribution in [3.63, 3.8) is 0 Å². The summed E-state index contributed by atoms with van der Waals surface area (Å²) in [6.45, 7) is 1.51. The molecule has 9 heteroatoms. The molecule has 0 aliphatic heterocycles. The molecular weight excluding hydrogens is 334 g/mol. The summed E-state index contributed by atoms with van der Waals surface area (Å²) in [5.41, 5.74) is 6.65. The summed E-state index contributed by atoms with van der Waals surface area (Å²) in [5.74, 6) is 0.185. The average molecular weight is 353 g/mol. The monoisotopic (exact) mass is 353 g/mol. The molecule has 1 aromatic carbocycles. The zero-order chi connectivity index (χ0) is 18.1. The highest BCUT2D eigenvalue weighted by molar-refractivity contribution is 7.88. The molecule has 0 radical (unpaired) electrons. The number of carbonyl (C=O) groups is 1. The first-order valence-electron chi connectivity index (χ1n) is 6.94.